The highest BCUT2D eigenvalue weighted by Gasteiger charge is 2.41. The molecule has 0 saturated heterocycles. The third-order valence-electron chi connectivity index (χ3n) is 3.19. The van der Waals surface area contributed by atoms with Crippen molar-refractivity contribution in [3.63, 3.8) is 0 Å². The Bertz CT molecular complexity index is 745. The third-order valence-corrected chi connectivity index (χ3v) is 5.01. The lowest BCUT2D eigenvalue weighted by Crippen LogP contribution is -2.30. The summed E-state index contributed by atoms with van der Waals surface area (Å²) in [6, 6.07) is 3.48. The van der Waals surface area contributed by atoms with E-state index in [-0.39, 0.29) is 22.6 Å². The molecular formula is C14H13NO5S. The van der Waals surface area contributed by atoms with Crippen LogP contribution in [0.25, 0.3) is 0 Å². The second-order valence-electron chi connectivity index (χ2n) is 4.56. The standard InChI is InChI=1S/C14H13NO5S/c1-2-3-4-5-8-15-13(16)11-7-6-10(14(17)18)9-12(11)21(15,19)20/h1,6-7,9H,3-5,8H2,(H,17,18). The number of hydrogen-bond acceptors (Lipinski definition) is 4. The molecule has 0 bridgehead atoms. The Morgan fingerprint density at radius 1 is 1.33 bits per heavy atom. The molecule has 2 rings (SSSR count). The van der Waals surface area contributed by atoms with E-state index in [1.807, 2.05) is 0 Å². The van der Waals surface area contributed by atoms with E-state index in [1.165, 1.54) is 12.1 Å². The largest absolute Gasteiger partial charge is 0.478 e. The number of aromatic carboxylic acids is 1. The molecule has 21 heavy (non-hydrogen) atoms. The van der Waals surface area contributed by atoms with Crippen LogP contribution in [0.2, 0.25) is 0 Å². The molecule has 1 heterocycles. The lowest BCUT2D eigenvalue weighted by molar-refractivity contribution is 0.0695. The predicted octanol–water partition coefficient (Wildman–Crippen LogP) is 1.33. The first kappa shape index (κ1) is 15.1. The Morgan fingerprint density at radius 2 is 2.05 bits per heavy atom. The van der Waals surface area contributed by atoms with E-state index in [1.54, 1.807) is 0 Å². The van der Waals surface area contributed by atoms with Gasteiger partial charge in [-0.2, -0.15) is 0 Å². The van der Waals surface area contributed by atoms with Crippen molar-refractivity contribution in [3.8, 4) is 12.3 Å². The van der Waals surface area contributed by atoms with E-state index in [0.29, 0.717) is 19.3 Å². The minimum absolute atomic E-state index is 0.0111. The highest BCUT2D eigenvalue weighted by atomic mass is 32.2. The van der Waals surface area contributed by atoms with Crippen LogP contribution in [-0.4, -0.2) is 36.3 Å². The van der Waals surface area contributed by atoms with Crippen molar-refractivity contribution in [3.05, 3.63) is 29.3 Å². The van der Waals surface area contributed by atoms with Crippen molar-refractivity contribution in [2.24, 2.45) is 0 Å². The summed E-state index contributed by atoms with van der Waals surface area (Å²) in [4.78, 5) is 22.8. The molecule has 1 N–H and O–H groups in total. The number of carboxylic acid groups (broad SMARTS) is 1. The van der Waals surface area contributed by atoms with Gasteiger partial charge in [0.1, 0.15) is 4.90 Å². The molecule has 1 aliphatic rings. The lowest BCUT2D eigenvalue weighted by atomic mass is 10.1. The number of fused-ring (bicyclic) bond motifs is 1. The monoisotopic (exact) mass is 307 g/mol. The summed E-state index contributed by atoms with van der Waals surface area (Å²) in [7, 11) is -3.97. The van der Waals surface area contributed by atoms with Gasteiger partial charge in [0.2, 0.25) is 0 Å². The molecule has 1 amide bonds. The van der Waals surface area contributed by atoms with Crippen LogP contribution in [-0.2, 0) is 10.0 Å². The summed E-state index contributed by atoms with van der Waals surface area (Å²) in [5.74, 6) is 0.579. The Morgan fingerprint density at radius 3 is 2.67 bits per heavy atom. The first-order chi connectivity index (χ1) is 9.89. The summed E-state index contributed by atoms with van der Waals surface area (Å²) in [6.45, 7) is 0.0416. The number of unbranched alkanes of at least 4 members (excludes halogenated alkanes) is 2. The number of benzene rings is 1. The second kappa shape index (κ2) is 5.58. The van der Waals surface area contributed by atoms with Gasteiger partial charge in [-0.1, -0.05) is 0 Å². The maximum Gasteiger partial charge on any atom is 0.335 e. The first-order valence-corrected chi connectivity index (χ1v) is 7.71. The number of sulfonamides is 1. The molecule has 7 heteroatoms. The fraction of sp³-hybridized carbons (Fsp3) is 0.286. The second-order valence-corrected chi connectivity index (χ2v) is 6.39. The molecule has 0 fully saturated rings. The normalized spacial score (nSPS) is 15.6. The van der Waals surface area contributed by atoms with Crippen molar-refractivity contribution in [2.75, 3.05) is 6.54 Å². The van der Waals surface area contributed by atoms with E-state index in [4.69, 9.17) is 11.5 Å². The average molecular weight is 307 g/mol. The summed E-state index contributed by atoms with van der Waals surface area (Å²) in [6.07, 6.45) is 6.71. The van der Waals surface area contributed by atoms with Crippen molar-refractivity contribution in [1.82, 2.24) is 4.31 Å². The molecule has 0 radical (unpaired) electrons. The van der Waals surface area contributed by atoms with Gasteiger partial charge in [0, 0.05) is 13.0 Å². The molecule has 0 aliphatic carbocycles. The number of carbonyl (C=O) groups is 2. The Kier molecular flexibility index (Phi) is 4.00. The van der Waals surface area contributed by atoms with Gasteiger partial charge >= 0.3 is 5.97 Å². The van der Waals surface area contributed by atoms with Crippen LogP contribution in [0.1, 0.15) is 40.0 Å². The van der Waals surface area contributed by atoms with Crippen LogP contribution in [0.3, 0.4) is 0 Å². The maximum atomic E-state index is 12.3. The first-order valence-electron chi connectivity index (χ1n) is 6.27. The molecule has 1 aromatic carbocycles. The van der Waals surface area contributed by atoms with Crippen LogP contribution in [0, 0.1) is 12.3 Å². The Labute approximate surface area is 122 Å². The molecular weight excluding hydrogens is 294 g/mol. The number of terminal acetylenes is 1. The fourth-order valence-electron chi connectivity index (χ4n) is 2.11. The number of carbonyl (C=O) groups excluding carboxylic acids is 1. The molecule has 1 aromatic rings. The van der Waals surface area contributed by atoms with E-state index in [0.717, 1.165) is 10.4 Å². The van der Waals surface area contributed by atoms with Gasteiger partial charge in [0.25, 0.3) is 15.9 Å². The van der Waals surface area contributed by atoms with Crippen molar-refractivity contribution >= 4 is 21.9 Å². The van der Waals surface area contributed by atoms with Crippen molar-refractivity contribution in [1.29, 1.82) is 0 Å². The molecule has 1 aliphatic heterocycles. The minimum Gasteiger partial charge on any atom is -0.478 e. The van der Waals surface area contributed by atoms with Gasteiger partial charge in [-0.05, 0) is 31.0 Å². The quantitative estimate of drug-likeness (QED) is 0.654. The van der Waals surface area contributed by atoms with Crippen LogP contribution >= 0.6 is 0 Å². The summed E-state index contributed by atoms with van der Waals surface area (Å²) in [5, 5.41) is 8.91. The Hall–Kier alpha value is -2.33. The minimum atomic E-state index is -3.97. The molecule has 6 nitrogen and oxygen atoms in total. The number of nitrogens with zero attached hydrogens (tertiary/aromatic N) is 1. The van der Waals surface area contributed by atoms with Gasteiger partial charge in [-0.15, -0.1) is 12.3 Å². The van der Waals surface area contributed by atoms with E-state index in [2.05, 4.69) is 5.92 Å². The molecule has 0 saturated carbocycles. The van der Waals surface area contributed by atoms with E-state index < -0.39 is 21.9 Å². The average Bonchev–Trinajstić information content (AvgIpc) is 2.63. The van der Waals surface area contributed by atoms with Crippen molar-refractivity contribution in [2.45, 2.75) is 24.2 Å². The van der Waals surface area contributed by atoms with Gasteiger partial charge in [0.05, 0.1) is 11.1 Å². The SMILES string of the molecule is C#CCCCCN1C(=O)c2ccc(C(=O)O)cc2S1(=O)=O. The van der Waals surface area contributed by atoms with Crippen LogP contribution in [0.4, 0.5) is 0 Å². The summed E-state index contributed by atoms with van der Waals surface area (Å²) in [5.41, 5.74) is -0.156. The number of carboxylic acids is 1. The Balaban J connectivity index is 2.32. The highest BCUT2D eigenvalue weighted by molar-refractivity contribution is 7.90. The smallest absolute Gasteiger partial charge is 0.335 e. The zero-order chi connectivity index (χ0) is 15.6. The van der Waals surface area contributed by atoms with Crippen molar-refractivity contribution < 1.29 is 23.1 Å². The molecule has 110 valence electrons. The zero-order valence-corrected chi connectivity index (χ0v) is 11.9. The number of amides is 1. The van der Waals surface area contributed by atoms with Gasteiger partial charge in [0.15, 0.2) is 0 Å². The molecule has 0 atom stereocenters. The predicted molar refractivity (Wildman–Crippen MR) is 74.3 cm³/mol. The molecule has 0 unspecified atom stereocenters. The van der Waals surface area contributed by atoms with Gasteiger partial charge < -0.3 is 5.11 Å². The number of rotatable bonds is 5. The van der Waals surface area contributed by atoms with Gasteiger partial charge in [-0.25, -0.2) is 17.5 Å². The summed E-state index contributed by atoms with van der Waals surface area (Å²) < 4.78 is 25.4. The third kappa shape index (κ3) is 2.62. The lowest BCUT2D eigenvalue weighted by Gasteiger charge is -2.14. The summed E-state index contributed by atoms with van der Waals surface area (Å²) >= 11 is 0. The van der Waals surface area contributed by atoms with E-state index >= 15 is 0 Å². The van der Waals surface area contributed by atoms with Crippen LogP contribution < -0.4 is 0 Å². The molecule has 0 spiro atoms. The highest BCUT2D eigenvalue weighted by Crippen LogP contribution is 2.31. The van der Waals surface area contributed by atoms with E-state index in [9.17, 15) is 18.0 Å². The zero-order valence-electron chi connectivity index (χ0n) is 11.1. The fourth-order valence-corrected chi connectivity index (χ4v) is 3.74. The van der Waals surface area contributed by atoms with Gasteiger partial charge in [-0.3, -0.25) is 4.79 Å². The topological polar surface area (TPSA) is 91.8 Å². The van der Waals surface area contributed by atoms with Crippen LogP contribution in [0.5, 0.6) is 0 Å². The maximum absolute atomic E-state index is 12.3. The molecule has 0 aromatic heterocycles. The number of hydrogen-bond donors (Lipinski definition) is 1. The van der Waals surface area contributed by atoms with Crippen LogP contribution in [0.15, 0.2) is 23.1 Å².